The van der Waals surface area contributed by atoms with Gasteiger partial charge in [-0.25, -0.2) is 4.98 Å². The number of hydrogen-bond acceptors (Lipinski definition) is 4. The molecule has 1 rings (SSSR count). The summed E-state index contributed by atoms with van der Waals surface area (Å²) < 4.78 is 0. The number of rotatable bonds is 7. The van der Waals surface area contributed by atoms with Gasteiger partial charge in [0.25, 0.3) is 0 Å². The first-order chi connectivity index (χ1) is 9.97. The number of hydrogen-bond donors (Lipinski definition) is 1. The molecule has 0 fully saturated rings. The number of aliphatic imine (C=N–C) groups is 1. The topological polar surface area (TPSA) is 43.8 Å². The fraction of sp³-hybridized carbons (Fsp3) is 0.733. The lowest BCUT2D eigenvalue weighted by atomic mass is 10.3. The third kappa shape index (κ3) is 7.23. The fourth-order valence-electron chi connectivity index (χ4n) is 2.28. The molecule has 0 aliphatic heterocycles. The number of aryl methyl sites for hydroxylation is 1. The molecule has 0 aliphatic rings. The second-order valence-corrected chi connectivity index (χ2v) is 6.47. The van der Waals surface area contributed by atoms with Gasteiger partial charge in [-0.2, -0.15) is 0 Å². The standard InChI is InChI=1S/C15H29N5S.HI/c1-7-20(12(2)3)9-8-17-15(16-5)19(6)10-14-11-21-13(4)18-14;/h11-12H,7-10H2,1-6H3,(H,16,17);1H. The van der Waals surface area contributed by atoms with Gasteiger partial charge in [-0.15, -0.1) is 35.3 Å². The Hall–Kier alpha value is -0.410. The maximum atomic E-state index is 4.50. The van der Waals surface area contributed by atoms with Crippen LogP contribution in [0.2, 0.25) is 0 Å². The lowest BCUT2D eigenvalue weighted by Gasteiger charge is -2.26. The van der Waals surface area contributed by atoms with E-state index in [1.807, 2.05) is 21.0 Å². The average molecular weight is 439 g/mol. The van der Waals surface area contributed by atoms with E-state index >= 15 is 0 Å². The highest BCUT2D eigenvalue weighted by atomic mass is 127. The van der Waals surface area contributed by atoms with Gasteiger partial charge in [-0.05, 0) is 27.3 Å². The molecule has 0 unspecified atom stereocenters. The molecule has 0 saturated heterocycles. The molecule has 0 aromatic carbocycles. The van der Waals surface area contributed by atoms with Gasteiger partial charge in [0.2, 0.25) is 0 Å². The first-order valence-electron chi connectivity index (χ1n) is 7.54. The van der Waals surface area contributed by atoms with E-state index < -0.39 is 0 Å². The maximum absolute atomic E-state index is 4.50. The molecule has 0 spiro atoms. The van der Waals surface area contributed by atoms with Crippen molar-refractivity contribution in [2.75, 3.05) is 33.7 Å². The first-order valence-corrected chi connectivity index (χ1v) is 8.42. The summed E-state index contributed by atoms with van der Waals surface area (Å²) in [4.78, 5) is 13.4. The number of aromatic nitrogens is 1. The minimum absolute atomic E-state index is 0. The van der Waals surface area contributed by atoms with Crippen LogP contribution in [0.3, 0.4) is 0 Å². The molecule has 0 radical (unpaired) electrons. The lowest BCUT2D eigenvalue weighted by Crippen LogP contribution is -2.43. The number of halogens is 1. The summed E-state index contributed by atoms with van der Waals surface area (Å²) in [7, 11) is 3.87. The minimum atomic E-state index is 0. The molecule has 1 heterocycles. The summed E-state index contributed by atoms with van der Waals surface area (Å²) in [5, 5.41) is 6.64. The summed E-state index contributed by atoms with van der Waals surface area (Å²) in [5.41, 5.74) is 1.10. The molecule has 22 heavy (non-hydrogen) atoms. The highest BCUT2D eigenvalue weighted by Gasteiger charge is 2.10. The van der Waals surface area contributed by atoms with E-state index in [0.29, 0.717) is 6.04 Å². The van der Waals surface area contributed by atoms with E-state index in [0.717, 1.165) is 42.8 Å². The number of likely N-dealkylation sites (N-methyl/N-ethyl adjacent to an activating group) is 1. The summed E-state index contributed by atoms with van der Waals surface area (Å²) in [5.74, 6) is 0.917. The molecular weight excluding hydrogens is 409 g/mol. The van der Waals surface area contributed by atoms with Crippen LogP contribution in [0.1, 0.15) is 31.5 Å². The Morgan fingerprint density at radius 2 is 2.14 bits per heavy atom. The number of guanidine groups is 1. The molecule has 7 heteroatoms. The maximum Gasteiger partial charge on any atom is 0.193 e. The third-order valence-corrected chi connectivity index (χ3v) is 4.28. The van der Waals surface area contributed by atoms with Crippen molar-refractivity contribution in [3.63, 3.8) is 0 Å². The molecule has 5 nitrogen and oxygen atoms in total. The molecule has 1 aromatic rings. The predicted molar refractivity (Wildman–Crippen MR) is 107 cm³/mol. The van der Waals surface area contributed by atoms with Gasteiger partial charge in [-0.3, -0.25) is 9.89 Å². The van der Waals surface area contributed by atoms with Gasteiger partial charge in [0, 0.05) is 38.6 Å². The van der Waals surface area contributed by atoms with Gasteiger partial charge >= 0.3 is 0 Å². The zero-order valence-electron chi connectivity index (χ0n) is 14.6. The van der Waals surface area contributed by atoms with Gasteiger partial charge in [0.15, 0.2) is 5.96 Å². The second-order valence-electron chi connectivity index (χ2n) is 5.41. The number of nitrogens with zero attached hydrogens (tertiary/aromatic N) is 4. The van der Waals surface area contributed by atoms with E-state index in [1.54, 1.807) is 11.3 Å². The van der Waals surface area contributed by atoms with Gasteiger partial charge < -0.3 is 10.2 Å². The zero-order valence-corrected chi connectivity index (χ0v) is 17.7. The van der Waals surface area contributed by atoms with Crippen molar-refractivity contribution in [1.82, 2.24) is 20.1 Å². The highest BCUT2D eigenvalue weighted by molar-refractivity contribution is 14.0. The summed E-state index contributed by atoms with van der Waals surface area (Å²) in [6, 6.07) is 0.578. The van der Waals surface area contributed by atoms with Gasteiger partial charge in [0.05, 0.1) is 17.2 Å². The van der Waals surface area contributed by atoms with Crippen molar-refractivity contribution in [2.45, 2.75) is 40.3 Å². The van der Waals surface area contributed by atoms with E-state index in [4.69, 9.17) is 0 Å². The van der Waals surface area contributed by atoms with Crippen LogP contribution in [0.15, 0.2) is 10.4 Å². The Morgan fingerprint density at radius 1 is 1.45 bits per heavy atom. The fourth-order valence-corrected chi connectivity index (χ4v) is 2.88. The van der Waals surface area contributed by atoms with Crippen molar-refractivity contribution in [3.8, 4) is 0 Å². The molecule has 1 N–H and O–H groups in total. The van der Waals surface area contributed by atoms with Crippen molar-refractivity contribution in [2.24, 2.45) is 4.99 Å². The highest BCUT2D eigenvalue weighted by Crippen LogP contribution is 2.09. The van der Waals surface area contributed by atoms with Crippen LogP contribution in [-0.2, 0) is 6.54 Å². The smallest absolute Gasteiger partial charge is 0.193 e. The molecule has 0 aliphatic carbocycles. The van der Waals surface area contributed by atoms with Crippen LogP contribution in [-0.4, -0.2) is 60.5 Å². The molecular formula is C15H30IN5S. The second kappa shape index (κ2) is 11.2. The Labute approximate surface area is 156 Å². The van der Waals surface area contributed by atoms with Crippen molar-refractivity contribution in [3.05, 3.63) is 16.1 Å². The normalized spacial score (nSPS) is 11.7. The number of thiazole rings is 1. The Morgan fingerprint density at radius 3 is 2.59 bits per heavy atom. The van der Waals surface area contributed by atoms with Crippen LogP contribution < -0.4 is 5.32 Å². The summed E-state index contributed by atoms with van der Waals surface area (Å²) >= 11 is 1.69. The van der Waals surface area contributed by atoms with Crippen LogP contribution >= 0.6 is 35.3 Å². The van der Waals surface area contributed by atoms with E-state index in [-0.39, 0.29) is 24.0 Å². The van der Waals surface area contributed by atoms with Crippen molar-refractivity contribution >= 4 is 41.3 Å². The summed E-state index contributed by atoms with van der Waals surface area (Å²) in [6.07, 6.45) is 0. The Kier molecular flexibility index (Phi) is 11.0. The van der Waals surface area contributed by atoms with Gasteiger partial charge in [0.1, 0.15) is 0 Å². The monoisotopic (exact) mass is 439 g/mol. The predicted octanol–water partition coefficient (Wildman–Crippen LogP) is 2.81. The van der Waals surface area contributed by atoms with Crippen molar-refractivity contribution < 1.29 is 0 Å². The van der Waals surface area contributed by atoms with Crippen LogP contribution in [0.25, 0.3) is 0 Å². The quantitative estimate of drug-likeness (QED) is 0.403. The van der Waals surface area contributed by atoms with E-state index in [1.165, 1.54) is 0 Å². The first kappa shape index (κ1) is 21.6. The molecule has 0 bridgehead atoms. The largest absolute Gasteiger partial charge is 0.355 e. The zero-order chi connectivity index (χ0) is 15.8. The molecule has 1 aromatic heterocycles. The molecule has 0 amide bonds. The van der Waals surface area contributed by atoms with E-state index in [2.05, 4.69) is 51.2 Å². The average Bonchev–Trinajstić information content (AvgIpc) is 2.83. The molecule has 128 valence electrons. The van der Waals surface area contributed by atoms with Crippen LogP contribution in [0, 0.1) is 6.92 Å². The summed E-state index contributed by atoms with van der Waals surface area (Å²) in [6.45, 7) is 12.5. The SMILES string of the molecule is CCN(CCNC(=NC)N(C)Cc1csc(C)n1)C(C)C.I. The lowest BCUT2D eigenvalue weighted by molar-refractivity contribution is 0.236. The Balaban J connectivity index is 0.00000441. The van der Waals surface area contributed by atoms with Crippen LogP contribution in [0.4, 0.5) is 0 Å². The number of nitrogens with one attached hydrogen (secondary N) is 1. The van der Waals surface area contributed by atoms with Crippen molar-refractivity contribution in [1.29, 1.82) is 0 Å². The molecule has 0 atom stereocenters. The Bertz CT molecular complexity index is 447. The molecule has 0 saturated carbocycles. The minimum Gasteiger partial charge on any atom is -0.355 e. The van der Waals surface area contributed by atoms with Gasteiger partial charge in [-0.1, -0.05) is 6.92 Å². The van der Waals surface area contributed by atoms with E-state index in [9.17, 15) is 0 Å². The van der Waals surface area contributed by atoms with Crippen LogP contribution in [0.5, 0.6) is 0 Å². The third-order valence-electron chi connectivity index (χ3n) is 3.46.